The predicted octanol–water partition coefficient (Wildman–Crippen LogP) is -0.364. The van der Waals surface area contributed by atoms with Crippen molar-refractivity contribution in [3.63, 3.8) is 0 Å². The topological polar surface area (TPSA) is 708 Å². The summed E-state index contributed by atoms with van der Waals surface area (Å²) in [6.45, 7) is 23.5. The van der Waals surface area contributed by atoms with Gasteiger partial charge in [-0.25, -0.2) is 4.98 Å². The quantitative estimate of drug-likeness (QED) is 0.0297. The number of H-pyrrole nitrogens is 1. The number of hydrogen-bond donors (Lipinski definition) is 24. The Bertz CT molecular complexity index is 4490. The van der Waals surface area contributed by atoms with E-state index in [-0.39, 0.29) is 134 Å². The zero-order valence-corrected chi connectivity index (χ0v) is 87.9. The second-order valence-corrected chi connectivity index (χ2v) is 40.5. The van der Waals surface area contributed by atoms with E-state index in [2.05, 4.69) is 95.0 Å². The number of unbranched alkanes of at least 4 members (excludes halogenated alkanes) is 5. The van der Waals surface area contributed by atoms with Gasteiger partial charge in [0.15, 0.2) is 0 Å². The maximum Gasteiger partial charge on any atom is 0.246 e. The molecule has 0 bridgehead atoms. The van der Waals surface area contributed by atoms with Gasteiger partial charge in [0.1, 0.15) is 102 Å². The van der Waals surface area contributed by atoms with E-state index in [4.69, 9.17) is 34.4 Å². The van der Waals surface area contributed by atoms with Crippen molar-refractivity contribution in [1.82, 2.24) is 99.9 Å². The second kappa shape index (κ2) is 65.8. The molecule has 0 radical (unpaired) electrons. The van der Waals surface area contributed by atoms with Crippen LogP contribution in [0, 0.1) is 29.6 Å². The van der Waals surface area contributed by atoms with Gasteiger partial charge >= 0.3 is 0 Å². The van der Waals surface area contributed by atoms with Gasteiger partial charge in [0, 0.05) is 31.3 Å². The highest BCUT2D eigenvalue weighted by molar-refractivity contribution is 6.03. The summed E-state index contributed by atoms with van der Waals surface area (Å²) in [6.07, 6.45) is 13.1. The van der Waals surface area contributed by atoms with Gasteiger partial charge in [-0.2, -0.15) is 0 Å². The average molecular weight is 2040 g/mol. The first kappa shape index (κ1) is 126. The van der Waals surface area contributed by atoms with Crippen LogP contribution in [0.4, 0.5) is 0 Å². The number of nitrogens with zero attached hydrogens (tertiary/aromatic N) is 2. The van der Waals surface area contributed by atoms with Crippen molar-refractivity contribution in [2.75, 3.05) is 45.9 Å². The van der Waals surface area contributed by atoms with E-state index in [1.165, 1.54) is 38.2 Å². The maximum absolute atomic E-state index is 15.3. The average Bonchev–Trinajstić information content (AvgIpc) is 1.71. The summed E-state index contributed by atoms with van der Waals surface area (Å²) < 4.78 is 0. The Labute approximate surface area is 854 Å². The van der Waals surface area contributed by atoms with Crippen LogP contribution in [0.2, 0.25) is 0 Å². The molecule has 0 spiro atoms. The first-order valence-electron chi connectivity index (χ1n) is 52.0. The van der Waals surface area contributed by atoms with Gasteiger partial charge < -0.3 is 134 Å². The molecular formula is C101H173N25O19. The lowest BCUT2D eigenvalue weighted by atomic mass is 9.91. The largest absolute Gasteiger partial charge is 0.394 e. The number of rotatable bonds is 59. The molecule has 18 atom stereocenters. The van der Waals surface area contributed by atoms with Crippen LogP contribution in [0.5, 0.6) is 0 Å². The van der Waals surface area contributed by atoms with E-state index >= 15 is 24.0 Å². The van der Waals surface area contributed by atoms with Crippen LogP contribution in [-0.4, -0.2) is 274 Å². The number of aliphatic hydroxyl groups excluding tert-OH is 1. The minimum atomic E-state index is -1.80. The predicted molar refractivity (Wildman–Crippen MR) is 549 cm³/mol. The third-order valence-electron chi connectivity index (χ3n) is 26.0. The van der Waals surface area contributed by atoms with Crippen LogP contribution in [0.3, 0.4) is 0 Å². The number of amides is 18. The smallest absolute Gasteiger partial charge is 0.246 e. The molecule has 44 nitrogen and oxygen atoms in total. The third-order valence-corrected chi connectivity index (χ3v) is 26.0. The lowest BCUT2D eigenvalue weighted by molar-refractivity contribution is -0.143. The third kappa shape index (κ3) is 43.9. The highest BCUT2D eigenvalue weighted by Gasteiger charge is 2.46. The molecule has 1 saturated heterocycles. The maximum atomic E-state index is 15.3. The van der Waals surface area contributed by atoms with Gasteiger partial charge in [-0.3, -0.25) is 86.3 Å². The van der Waals surface area contributed by atoms with Crippen LogP contribution >= 0.6 is 0 Å². The molecule has 2 aromatic rings. The van der Waals surface area contributed by atoms with E-state index in [0.717, 1.165) is 0 Å². The highest BCUT2D eigenvalue weighted by atomic mass is 16.3. The lowest BCUT2D eigenvalue weighted by Gasteiger charge is -2.34. The molecule has 1 aromatic carbocycles. The number of benzene rings is 1. The van der Waals surface area contributed by atoms with Crippen molar-refractivity contribution >= 4 is 106 Å². The van der Waals surface area contributed by atoms with E-state index < -0.39 is 233 Å². The summed E-state index contributed by atoms with van der Waals surface area (Å²) in [6, 6.07) is -11.0. The number of nitrogens with two attached hydrogens (primary N) is 6. The molecule has 816 valence electrons. The number of likely N-dealkylation sites (tertiary alicyclic amines) is 1. The zero-order chi connectivity index (χ0) is 108. The molecule has 4 rings (SSSR count). The minimum absolute atomic E-state index is 0.00526. The Morgan fingerprint density at radius 3 is 1.50 bits per heavy atom. The number of carbonyl (C=O) groups is 18. The second-order valence-electron chi connectivity index (χ2n) is 40.5. The van der Waals surface area contributed by atoms with Crippen molar-refractivity contribution in [3.05, 3.63) is 66.3 Å². The van der Waals surface area contributed by atoms with Crippen molar-refractivity contribution in [2.45, 2.75) is 385 Å². The van der Waals surface area contributed by atoms with Crippen molar-refractivity contribution < 1.29 is 91.4 Å². The number of aromatic amines is 1. The summed E-state index contributed by atoms with van der Waals surface area (Å²) >= 11 is 0. The molecule has 145 heavy (non-hydrogen) atoms. The Morgan fingerprint density at radius 1 is 0.503 bits per heavy atom. The minimum Gasteiger partial charge on any atom is -0.394 e. The summed E-state index contributed by atoms with van der Waals surface area (Å²) in [5.41, 5.74) is 32.6. The van der Waals surface area contributed by atoms with Crippen LogP contribution in [0.25, 0.3) is 0 Å². The molecule has 44 heteroatoms. The van der Waals surface area contributed by atoms with Gasteiger partial charge in [-0.1, -0.05) is 138 Å². The summed E-state index contributed by atoms with van der Waals surface area (Å²) in [7, 11) is 0. The molecule has 2 aliphatic heterocycles. The number of hydrogen-bond acceptors (Lipinski definition) is 25. The van der Waals surface area contributed by atoms with Gasteiger partial charge in [0.05, 0.1) is 19.5 Å². The first-order chi connectivity index (χ1) is 68.8. The van der Waals surface area contributed by atoms with E-state index in [0.29, 0.717) is 114 Å². The van der Waals surface area contributed by atoms with Gasteiger partial charge in [-0.15, -0.1) is 0 Å². The number of primary amides is 1. The number of aliphatic hydroxyl groups is 1. The summed E-state index contributed by atoms with van der Waals surface area (Å²) in [4.78, 5) is 269. The fraction of sp³-hybridized carbons (Fsp3) is 0.713. The Kier molecular flexibility index (Phi) is 57.0. The molecule has 0 saturated carbocycles. The SMILES string of the molecule is CCCC[C@@H]1NC(=O)[C@@](C)(NC(=O)[C@H](CCCCN)NC(=O)[C@@H]2CCCN2C(=O)[C@H](CC(C)C)NC(=O)[C@@H](NC(=O)[C@H](CCCCN)NC(=O)[C@H](CCCCN)NC(=O)[C@H](CC(C)C)NC(=O)[C@@H](NC(=O)[C@H](CO)NC(=O)[C@H](CC(C)C)NC(=O)[C@H](Cc2ccccc2)NC(=O)CN)[C@@H](C)CC)C(C)C)CCC/C=C\CCC[C@@](C)(C(=O)N[C@@H](CCCCN)C(N)=O)NC(=O)[C@H](Cc2cnc[nH]2)NC(=O)[C@H](C)NC1=O. The number of aromatic nitrogens is 2. The van der Waals surface area contributed by atoms with Gasteiger partial charge in [-0.05, 0) is 236 Å². The van der Waals surface area contributed by atoms with Crippen molar-refractivity contribution in [1.29, 1.82) is 0 Å². The van der Waals surface area contributed by atoms with Crippen LogP contribution in [0.15, 0.2) is 55.0 Å². The fourth-order valence-electron chi connectivity index (χ4n) is 17.2. The van der Waals surface area contributed by atoms with Crippen LogP contribution < -0.4 is 119 Å². The summed E-state index contributed by atoms with van der Waals surface area (Å²) in [5.74, 6) is -16.0. The number of imidazole rings is 1. The lowest BCUT2D eigenvalue weighted by Crippen LogP contribution is -2.64. The Morgan fingerprint density at radius 2 is 0.986 bits per heavy atom. The fourth-order valence-corrected chi connectivity index (χ4v) is 17.2. The van der Waals surface area contributed by atoms with Crippen molar-refractivity contribution in [3.8, 4) is 0 Å². The van der Waals surface area contributed by atoms with E-state index in [1.807, 2.05) is 32.9 Å². The standard InChI is InChI=1S/C101H173N25O19/c1-15-17-38-71-85(131)110-65(12)84(130)115-76(55-67-57-108-59-109-67)93(139)125-100(13,98(144)120-68(83(107)129)39-25-31-46-102)44-29-20-18-19-21-30-45-101(14,99(145)121-71)124-92(138)72(42-28-34-49-105)114-94(140)79-43-35-50-126(79)97(143)77(53-62(7)8)118-95(141)81(63(9)10)122-87(133)70(41-27-33-48-104)112-86(132)69(40-26-32-47-103)113-88(134)74(52-61(5)6)117-96(142)82(64(11)16-2)123-91(137)78(58-127)119-89(135)73(51-60(3)4)116-90(136)75(111-80(128)56-106)54-66-36-23-22-24-37-66/h18-19,22-24,36-37,57,59-65,68-79,81-82,127H,15-17,20-21,25-35,38-56,58,102-106H2,1-14H3,(H2,107,129)(H,108,109)(H,110,131)(H,111,128)(H,112,132)(H,113,134)(H,114,140)(H,115,130)(H,116,136)(H,117,142)(H,118,141)(H,119,135)(H,120,144)(H,121,145)(H,122,133)(H,123,137)(H,124,138)(H,125,139)/b19-18-/t64-,65-,68-,69-,70-,71-,72-,73-,74-,75-,76-,77-,78-,79-,81-,82-,100-,101-/m0/s1. The number of carbonyl (C=O) groups excluding carboxylic acids is 18. The normalized spacial score (nSPS) is 20.5. The van der Waals surface area contributed by atoms with E-state index in [1.54, 1.807) is 85.7 Å². The van der Waals surface area contributed by atoms with Gasteiger partial charge in [0.25, 0.3) is 0 Å². The molecule has 2 aliphatic rings. The van der Waals surface area contributed by atoms with Crippen LogP contribution in [-0.2, 0) is 99.1 Å². The van der Waals surface area contributed by atoms with Crippen molar-refractivity contribution in [2.24, 2.45) is 64.0 Å². The van der Waals surface area contributed by atoms with Crippen LogP contribution in [0.1, 0.15) is 282 Å². The molecule has 1 aromatic heterocycles. The summed E-state index contributed by atoms with van der Waals surface area (Å²) in [5, 5.41) is 54.9. The molecule has 0 aliphatic carbocycles. The highest BCUT2D eigenvalue weighted by Crippen LogP contribution is 2.26. The first-order valence-corrected chi connectivity index (χ1v) is 52.0. The number of allylic oxidation sites excluding steroid dienone is 2. The Hall–Kier alpha value is -11.6. The molecule has 1 fully saturated rings. The molecule has 3 heterocycles. The zero-order valence-electron chi connectivity index (χ0n) is 87.9. The molecule has 18 amide bonds. The molecular weight excluding hydrogens is 1870 g/mol. The molecule has 30 N–H and O–H groups in total. The van der Waals surface area contributed by atoms with E-state index in [9.17, 15) is 67.4 Å². The van der Waals surface area contributed by atoms with Gasteiger partial charge in [0.2, 0.25) is 106 Å². The Balaban J connectivity index is 1.62. The number of nitrogens with one attached hydrogen (secondary N) is 17. The molecule has 0 unspecified atom stereocenters. The monoisotopic (exact) mass is 2040 g/mol.